The molecule has 0 radical (unpaired) electrons. The highest BCUT2D eigenvalue weighted by Gasteiger charge is 2.37. The molecule has 0 unspecified atom stereocenters. The van der Waals surface area contributed by atoms with E-state index in [-0.39, 0.29) is 12.3 Å². The van der Waals surface area contributed by atoms with Crippen LogP contribution in [0.5, 0.6) is 0 Å². The van der Waals surface area contributed by atoms with Gasteiger partial charge in [-0.25, -0.2) is 0 Å². The number of alkyl halides is 6. The van der Waals surface area contributed by atoms with Gasteiger partial charge in [0.15, 0.2) is 0 Å². The zero-order chi connectivity index (χ0) is 15.6. The highest BCUT2D eigenvalue weighted by Crippen LogP contribution is 2.28. The van der Waals surface area contributed by atoms with Crippen molar-refractivity contribution in [2.24, 2.45) is 0 Å². The summed E-state index contributed by atoms with van der Waals surface area (Å²) in [6.45, 7) is -0.383. The van der Waals surface area contributed by atoms with Crippen LogP contribution in [-0.2, 0) is 22.3 Å². The molecule has 0 amide bonds. The topological polar surface area (TPSA) is 69.9 Å². The van der Waals surface area contributed by atoms with Crippen LogP contribution in [0.25, 0.3) is 0 Å². The van der Waals surface area contributed by atoms with Gasteiger partial charge in [-0.2, -0.15) is 18.0 Å². The summed E-state index contributed by atoms with van der Waals surface area (Å²) in [5.41, 5.74) is 0. The van der Waals surface area contributed by atoms with Gasteiger partial charge in [-0.05, 0) is 5.21 Å². The summed E-state index contributed by atoms with van der Waals surface area (Å²) in [7, 11) is 1.18. The highest BCUT2D eigenvalue weighted by molar-refractivity contribution is 6.77. The molecule has 1 aromatic heterocycles. The molecule has 0 aliphatic carbocycles. The van der Waals surface area contributed by atoms with E-state index in [0.29, 0.717) is 4.80 Å². The molecule has 0 spiro atoms. The van der Waals surface area contributed by atoms with Crippen LogP contribution in [0.4, 0.5) is 13.2 Å². The fraction of sp³-hybridized carbons (Fsp3) is 0.500. The number of ether oxygens (including phenoxy) is 1. The maximum absolute atomic E-state index is 12.3. The Morgan fingerprint density at radius 2 is 2.00 bits per heavy atom. The molecule has 0 atom stereocenters. The van der Waals surface area contributed by atoms with E-state index < -0.39 is 21.6 Å². The highest BCUT2D eigenvalue weighted by atomic mass is 35.6. The van der Waals surface area contributed by atoms with Crippen LogP contribution in [0.3, 0.4) is 0 Å². The van der Waals surface area contributed by atoms with Gasteiger partial charge in [0.25, 0.3) is 9.62 Å². The van der Waals surface area contributed by atoms with Crippen molar-refractivity contribution in [1.82, 2.24) is 20.2 Å². The Hall–Kier alpha value is -1.06. The number of methoxy groups -OCH3 is 1. The number of tetrazole rings is 1. The summed E-state index contributed by atoms with van der Waals surface area (Å²) in [6.07, 6.45) is -3.90. The van der Waals surface area contributed by atoms with Crippen molar-refractivity contribution >= 4 is 40.6 Å². The summed E-state index contributed by atoms with van der Waals surface area (Å²) in [4.78, 5) is 12.0. The number of nitrogens with zero attached hydrogens (tertiary/aromatic N) is 4. The predicted molar refractivity (Wildman–Crippen MR) is 63.2 cm³/mol. The maximum atomic E-state index is 12.3. The van der Waals surface area contributed by atoms with Crippen LogP contribution in [0, 0.1) is 0 Å². The quantitative estimate of drug-likeness (QED) is 0.471. The smallest absolute Gasteiger partial charge is 0.455 e. The first-order valence-electron chi connectivity index (χ1n) is 4.74. The van der Waals surface area contributed by atoms with Crippen LogP contribution >= 0.6 is 34.8 Å². The summed E-state index contributed by atoms with van der Waals surface area (Å²) < 4.78 is 39.3. The summed E-state index contributed by atoms with van der Waals surface area (Å²) in [5, 5.41) is 9.06. The lowest BCUT2D eigenvalue weighted by Gasteiger charge is -2.08. The SMILES string of the molecule is COC(=CC(=O)C(Cl)(Cl)Cl)Cn1nnc(C(F)(F)F)n1. The van der Waals surface area contributed by atoms with E-state index in [1.165, 1.54) is 7.11 Å². The Labute approximate surface area is 125 Å². The van der Waals surface area contributed by atoms with Crippen molar-refractivity contribution in [1.29, 1.82) is 0 Å². The third-order valence-corrected chi connectivity index (χ3v) is 2.40. The molecular formula is C8H6Cl3F3N4O2. The molecule has 12 heteroatoms. The van der Waals surface area contributed by atoms with Gasteiger partial charge in [0.1, 0.15) is 12.3 Å². The number of carbonyl (C=O) groups is 1. The second-order valence-corrected chi connectivity index (χ2v) is 5.60. The van der Waals surface area contributed by atoms with Gasteiger partial charge in [0, 0.05) is 6.08 Å². The molecular weight excluding hydrogens is 347 g/mol. The van der Waals surface area contributed by atoms with E-state index >= 15 is 0 Å². The zero-order valence-electron chi connectivity index (χ0n) is 9.66. The Bertz CT molecular complexity index is 524. The van der Waals surface area contributed by atoms with Gasteiger partial charge in [-0.1, -0.05) is 34.8 Å². The number of allylic oxidation sites excluding steroid dienone is 2. The minimum Gasteiger partial charge on any atom is -0.499 e. The van der Waals surface area contributed by atoms with E-state index in [4.69, 9.17) is 39.5 Å². The molecule has 0 saturated heterocycles. The standard InChI is InChI=1S/C8H6Cl3F3N4O2/c1-20-4(2-5(19)7(9,10)11)3-18-16-6(15-17-18)8(12,13)14/h2H,3H2,1H3. The van der Waals surface area contributed by atoms with Crippen LogP contribution < -0.4 is 0 Å². The molecule has 0 N–H and O–H groups in total. The Balaban J connectivity index is 2.87. The molecule has 6 nitrogen and oxygen atoms in total. The molecule has 0 bridgehead atoms. The Kier molecular flexibility index (Phi) is 5.22. The second-order valence-electron chi connectivity index (χ2n) is 3.32. The van der Waals surface area contributed by atoms with Crippen molar-refractivity contribution in [3.05, 3.63) is 17.7 Å². The lowest BCUT2D eigenvalue weighted by Crippen LogP contribution is -2.18. The Morgan fingerprint density at radius 3 is 2.40 bits per heavy atom. The zero-order valence-corrected chi connectivity index (χ0v) is 11.9. The van der Waals surface area contributed by atoms with Crippen molar-refractivity contribution < 1.29 is 22.7 Å². The number of hydrogen-bond acceptors (Lipinski definition) is 5. The molecule has 0 aliphatic rings. The number of hydrogen-bond donors (Lipinski definition) is 0. The average molecular weight is 354 g/mol. The summed E-state index contributed by atoms with van der Waals surface area (Å²) >= 11 is 16.0. The van der Waals surface area contributed by atoms with E-state index in [1.807, 2.05) is 0 Å². The van der Waals surface area contributed by atoms with E-state index in [2.05, 4.69) is 15.4 Å². The fourth-order valence-corrected chi connectivity index (χ4v) is 1.12. The van der Waals surface area contributed by atoms with Gasteiger partial charge in [0.2, 0.25) is 5.78 Å². The van der Waals surface area contributed by atoms with Crippen LogP contribution in [0.2, 0.25) is 0 Å². The molecule has 0 saturated carbocycles. The average Bonchev–Trinajstić information content (AvgIpc) is 2.74. The molecule has 0 aromatic carbocycles. The van der Waals surface area contributed by atoms with Crippen molar-refractivity contribution in [2.75, 3.05) is 7.11 Å². The Morgan fingerprint density at radius 1 is 1.40 bits per heavy atom. The minimum atomic E-state index is -4.72. The summed E-state index contributed by atoms with van der Waals surface area (Å²) in [6, 6.07) is 0. The largest absolute Gasteiger partial charge is 0.499 e. The molecule has 0 aliphatic heterocycles. The first-order chi connectivity index (χ1) is 9.04. The van der Waals surface area contributed by atoms with Gasteiger partial charge in [-0.3, -0.25) is 4.79 Å². The van der Waals surface area contributed by atoms with Gasteiger partial charge >= 0.3 is 6.18 Å². The lowest BCUT2D eigenvalue weighted by atomic mass is 10.3. The van der Waals surface area contributed by atoms with Crippen molar-refractivity contribution in [3.8, 4) is 0 Å². The molecule has 1 heterocycles. The third-order valence-electron chi connectivity index (χ3n) is 1.84. The van der Waals surface area contributed by atoms with E-state index in [1.54, 1.807) is 0 Å². The molecule has 1 rings (SSSR count). The summed E-state index contributed by atoms with van der Waals surface area (Å²) in [5.74, 6) is -2.44. The van der Waals surface area contributed by atoms with E-state index in [9.17, 15) is 18.0 Å². The lowest BCUT2D eigenvalue weighted by molar-refractivity contribution is -0.145. The maximum Gasteiger partial charge on any atom is 0.455 e. The molecule has 1 aromatic rings. The number of rotatable bonds is 4. The number of halogens is 6. The van der Waals surface area contributed by atoms with E-state index in [0.717, 1.165) is 6.08 Å². The first-order valence-corrected chi connectivity index (χ1v) is 5.88. The molecule has 112 valence electrons. The third kappa shape index (κ3) is 4.80. The monoisotopic (exact) mass is 352 g/mol. The molecule has 0 fully saturated rings. The molecule has 20 heavy (non-hydrogen) atoms. The van der Waals surface area contributed by atoms with Crippen LogP contribution in [-0.4, -0.2) is 36.9 Å². The predicted octanol–water partition coefficient (Wildman–Crippen LogP) is 2.16. The van der Waals surface area contributed by atoms with Gasteiger partial charge in [-0.15, -0.1) is 10.2 Å². The number of carbonyl (C=O) groups excluding carboxylic acids is 1. The number of aromatic nitrogens is 4. The van der Waals surface area contributed by atoms with Gasteiger partial charge < -0.3 is 4.74 Å². The fourth-order valence-electron chi connectivity index (χ4n) is 0.960. The normalized spacial score (nSPS) is 13.4. The second kappa shape index (κ2) is 6.15. The van der Waals surface area contributed by atoms with Crippen LogP contribution in [0.15, 0.2) is 11.8 Å². The number of ketones is 1. The van der Waals surface area contributed by atoms with Gasteiger partial charge in [0.05, 0.1) is 7.11 Å². The first kappa shape index (κ1) is 17.0. The van der Waals surface area contributed by atoms with Crippen LogP contribution in [0.1, 0.15) is 5.82 Å². The van der Waals surface area contributed by atoms with Crippen molar-refractivity contribution in [3.63, 3.8) is 0 Å². The van der Waals surface area contributed by atoms with Crippen molar-refractivity contribution in [2.45, 2.75) is 16.5 Å². The minimum absolute atomic E-state index is 0.104.